The zero-order valence-electron chi connectivity index (χ0n) is 7.80. The molecule has 0 aliphatic carbocycles. The molecule has 0 N–H and O–H groups in total. The summed E-state index contributed by atoms with van der Waals surface area (Å²) in [5, 5.41) is 8.55. The molecule has 0 amide bonds. The van der Waals surface area contributed by atoms with E-state index < -0.39 is 11.6 Å². The molecule has 3 nitrogen and oxygen atoms in total. The fourth-order valence-electron chi connectivity index (χ4n) is 1.14. The van der Waals surface area contributed by atoms with Gasteiger partial charge in [0.2, 0.25) is 0 Å². The Labute approximate surface area is 80.7 Å². The number of halogens is 1. The predicted octanol–water partition coefficient (Wildman–Crippen LogP) is 1.91. The number of benzene rings is 1. The van der Waals surface area contributed by atoms with E-state index in [0.29, 0.717) is 0 Å². The van der Waals surface area contributed by atoms with E-state index in [4.69, 9.17) is 10.00 Å². The van der Waals surface area contributed by atoms with E-state index in [1.807, 2.05) is 0 Å². The molecule has 0 saturated carbocycles. The molecule has 0 heterocycles. The maximum atomic E-state index is 13.4. The summed E-state index contributed by atoms with van der Waals surface area (Å²) in [6.45, 7) is 1.22. The van der Waals surface area contributed by atoms with Crippen LogP contribution in [0.5, 0.6) is 5.75 Å². The van der Waals surface area contributed by atoms with Gasteiger partial charge in [0.05, 0.1) is 18.2 Å². The third-order valence-electron chi connectivity index (χ3n) is 1.80. The number of nitrogens with zero attached hydrogens (tertiary/aromatic N) is 1. The van der Waals surface area contributed by atoms with E-state index in [1.165, 1.54) is 26.2 Å². The van der Waals surface area contributed by atoms with Crippen molar-refractivity contribution in [3.8, 4) is 11.8 Å². The van der Waals surface area contributed by atoms with Crippen LogP contribution in [-0.4, -0.2) is 12.9 Å². The van der Waals surface area contributed by atoms with Crippen LogP contribution in [0.2, 0.25) is 0 Å². The lowest BCUT2D eigenvalue weighted by Crippen LogP contribution is -2.03. The lowest BCUT2D eigenvalue weighted by Gasteiger charge is -2.06. The Kier molecular flexibility index (Phi) is 2.82. The first kappa shape index (κ1) is 10.2. The fourth-order valence-corrected chi connectivity index (χ4v) is 1.14. The molecule has 1 aromatic carbocycles. The van der Waals surface area contributed by atoms with Gasteiger partial charge in [0.25, 0.3) is 0 Å². The average molecular weight is 193 g/mol. The van der Waals surface area contributed by atoms with Crippen LogP contribution in [0.4, 0.5) is 4.39 Å². The number of carbonyl (C=O) groups is 1. The first-order chi connectivity index (χ1) is 6.61. The van der Waals surface area contributed by atoms with Gasteiger partial charge in [0, 0.05) is 0 Å². The van der Waals surface area contributed by atoms with Crippen molar-refractivity contribution in [3.63, 3.8) is 0 Å². The summed E-state index contributed by atoms with van der Waals surface area (Å²) in [5.41, 5.74) is -0.331. The second-order valence-electron chi connectivity index (χ2n) is 2.67. The average Bonchev–Trinajstić information content (AvgIpc) is 2.16. The van der Waals surface area contributed by atoms with E-state index >= 15 is 0 Å². The molecule has 4 heteroatoms. The van der Waals surface area contributed by atoms with Gasteiger partial charge < -0.3 is 4.74 Å². The first-order valence-electron chi connectivity index (χ1n) is 3.89. The number of hydrogen-bond acceptors (Lipinski definition) is 3. The second kappa shape index (κ2) is 3.88. The lowest BCUT2D eigenvalue weighted by molar-refractivity contribution is 0.101. The molecule has 0 radical (unpaired) electrons. The quantitative estimate of drug-likeness (QED) is 0.674. The van der Waals surface area contributed by atoms with Crippen LogP contribution in [0.1, 0.15) is 22.8 Å². The number of rotatable bonds is 2. The van der Waals surface area contributed by atoms with Crippen molar-refractivity contribution in [1.29, 1.82) is 5.26 Å². The lowest BCUT2D eigenvalue weighted by atomic mass is 10.1. The van der Waals surface area contributed by atoms with Gasteiger partial charge in [-0.15, -0.1) is 0 Å². The van der Waals surface area contributed by atoms with Crippen molar-refractivity contribution in [2.24, 2.45) is 0 Å². The Morgan fingerprint density at radius 2 is 2.21 bits per heavy atom. The summed E-state index contributed by atoms with van der Waals surface area (Å²) in [6.07, 6.45) is 0. The van der Waals surface area contributed by atoms with Crippen LogP contribution >= 0.6 is 0 Å². The number of ether oxygens (including phenoxy) is 1. The Morgan fingerprint density at radius 1 is 1.57 bits per heavy atom. The van der Waals surface area contributed by atoms with Crippen molar-refractivity contribution in [2.45, 2.75) is 6.92 Å². The molecule has 0 fully saturated rings. The maximum absolute atomic E-state index is 13.4. The number of ketones is 1. The van der Waals surface area contributed by atoms with Crippen molar-refractivity contribution in [2.75, 3.05) is 7.11 Å². The van der Waals surface area contributed by atoms with Crippen molar-refractivity contribution in [3.05, 3.63) is 29.1 Å². The predicted molar refractivity (Wildman–Crippen MR) is 47.7 cm³/mol. The Balaban J connectivity index is 3.49. The molecule has 72 valence electrons. The van der Waals surface area contributed by atoms with E-state index in [1.54, 1.807) is 6.07 Å². The highest BCUT2D eigenvalue weighted by atomic mass is 19.1. The summed E-state index contributed by atoms with van der Waals surface area (Å²) in [4.78, 5) is 11.1. The highest BCUT2D eigenvalue weighted by Gasteiger charge is 2.17. The van der Waals surface area contributed by atoms with E-state index in [0.717, 1.165) is 0 Å². The number of hydrogen-bond donors (Lipinski definition) is 0. The van der Waals surface area contributed by atoms with Crippen LogP contribution in [0.15, 0.2) is 12.1 Å². The first-order valence-corrected chi connectivity index (χ1v) is 3.89. The standard InChI is InChI=1S/C10H8FNO2/c1-6(13)9-8(14-2)4-3-7(5-12)10(9)11/h3-4H,1-2H3. The highest BCUT2D eigenvalue weighted by molar-refractivity contribution is 5.97. The van der Waals surface area contributed by atoms with Crippen LogP contribution in [-0.2, 0) is 0 Å². The van der Waals surface area contributed by atoms with Crippen molar-refractivity contribution < 1.29 is 13.9 Å². The van der Waals surface area contributed by atoms with Gasteiger partial charge in [-0.05, 0) is 19.1 Å². The Hall–Kier alpha value is -1.89. The number of Topliss-reactive ketones (excluding diaryl/α,β-unsaturated/α-hetero) is 1. The molecule has 0 aromatic heterocycles. The molecule has 0 spiro atoms. The molecule has 0 aliphatic rings. The van der Waals surface area contributed by atoms with Crippen LogP contribution in [0.25, 0.3) is 0 Å². The largest absolute Gasteiger partial charge is 0.496 e. The molecular weight excluding hydrogens is 185 g/mol. The Bertz CT molecular complexity index is 421. The SMILES string of the molecule is COc1ccc(C#N)c(F)c1C(C)=O. The van der Waals surface area contributed by atoms with Gasteiger partial charge in [-0.3, -0.25) is 4.79 Å². The van der Waals surface area contributed by atoms with Gasteiger partial charge in [-0.1, -0.05) is 0 Å². The molecule has 1 aromatic rings. The molecule has 0 aliphatic heterocycles. The van der Waals surface area contributed by atoms with E-state index in [2.05, 4.69) is 0 Å². The maximum Gasteiger partial charge on any atom is 0.166 e. The normalized spacial score (nSPS) is 9.29. The minimum atomic E-state index is -0.820. The van der Waals surface area contributed by atoms with Crippen molar-refractivity contribution >= 4 is 5.78 Å². The molecule has 0 bridgehead atoms. The number of methoxy groups -OCH3 is 1. The smallest absolute Gasteiger partial charge is 0.166 e. The third-order valence-corrected chi connectivity index (χ3v) is 1.80. The summed E-state index contributed by atoms with van der Waals surface area (Å²) in [7, 11) is 1.34. The van der Waals surface area contributed by atoms with Crippen molar-refractivity contribution in [1.82, 2.24) is 0 Å². The van der Waals surface area contributed by atoms with Gasteiger partial charge in [-0.2, -0.15) is 5.26 Å². The number of carbonyl (C=O) groups excluding carboxylic acids is 1. The Morgan fingerprint density at radius 3 is 2.64 bits per heavy atom. The monoisotopic (exact) mass is 193 g/mol. The fraction of sp³-hybridized carbons (Fsp3) is 0.200. The minimum Gasteiger partial charge on any atom is -0.496 e. The van der Waals surface area contributed by atoms with Gasteiger partial charge in [-0.25, -0.2) is 4.39 Å². The van der Waals surface area contributed by atoms with E-state index in [-0.39, 0.29) is 16.9 Å². The molecule has 0 saturated heterocycles. The highest BCUT2D eigenvalue weighted by Crippen LogP contribution is 2.24. The molecule has 14 heavy (non-hydrogen) atoms. The minimum absolute atomic E-state index is 0.147. The zero-order chi connectivity index (χ0) is 10.7. The second-order valence-corrected chi connectivity index (χ2v) is 2.67. The van der Waals surface area contributed by atoms with Gasteiger partial charge in [0.15, 0.2) is 11.6 Å². The molecular formula is C10H8FNO2. The van der Waals surface area contributed by atoms with Gasteiger partial charge in [0.1, 0.15) is 11.8 Å². The summed E-state index contributed by atoms with van der Waals surface area (Å²) in [6, 6.07) is 4.34. The zero-order valence-corrected chi connectivity index (χ0v) is 7.80. The topological polar surface area (TPSA) is 50.1 Å². The molecule has 1 rings (SSSR count). The van der Waals surface area contributed by atoms with Crippen LogP contribution < -0.4 is 4.74 Å². The van der Waals surface area contributed by atoms with Gasteiger partial charge >= 0.3 is 0 Å². The summed E-state index contributed by atoms with van der Waals surface area (Å²) in [5.74, 6) is -1.13. The molecule has 0 unspecified atom stereocenters. The summed E-state index contributed by atoms with van der Waals surface area (Å²) >= 11 is 0. The summed E-state index contributed by atoms with van der Waals surface area (Å²) < 4.78 is 18.3. The van der Waals surface area contributed by atoms with E-state index in [9.17, 15) is 9.18 Å². The van der Waals surface area contributed by atoms with Crippen LogP contribution in [0, 0.1) is 17.1 Å². The third kappa shape index (κ3) is 1.57. The van der Waals surface area contributed by atoms with Crippen LogP contribution in [0.3, 0.4) is 0 Å². The molecule has 0 atom stereocenters. The number of nitriles is 1.